The van der Waals surface area contributed by atoms with Crippen LogP contribution in [0.15, 0.2) is 77.5 Å². The summed E-state index contributed by atoms with van der Waals surface area (Å²) >= 11 is 3.08. The average Bonchev–Trinajstić information content (AvgIpc) is 3.40. The van der Waals surface area contributed by atoms with E-state index in [1.54, 1.807) is 11.3 Å². The predicted molar refractivity (Wildman–Crippen MR) is 112 cm³/mol. The molecule has 5 heteroatoms. The summed E-state index contributed by atoms with van der Waals surface area (Å²) in [6, 6.07) is 23.7. The van der Waals surface area contributed by atoms with E-state index in [4.69, 9.17) is 4.74 Å². The molecule has 0 bridgehead atoms. The Labute approximate surface area is 165 Å². The van der Waals surface area contributed by atoms with Gasteiger partial charge in [0.05, 0.1) is 11.3 Å². The molecule has 0 fully saturated rings. The molecule has 0 saturated heterocycles. The molecule has 0 spiro atoms. The van der Waals surface area contributed by atoms with Gasteiger partial charge in [0, 0.05) is 15.8 Å². The zero-order valence-corrected chi connectivity index (χ0v) is 15.8. The highest BCUT2D eigenvalue weighted by atomic mass is 32.1. The number of nitrogens with zero attached hydrogens (tertiary/aromatic N) is 2. The first-order chi connectivity index (χ1) is 13.3. The van der Waals surface area contributed by atoms with Gasteiger partial charge in [-0.15, -0.1) is 22.7 Å². The Morgan fingerprint density at radius 1 is 0.926 bits per heavy atom. The van der Waals surface area contributed by atoms with Crippen LogP contribution in [0.25, 0.3) is 22.9 Å². The number of ether oxygens (including phenoxy) is 1. The van der Waals surface area contributed by atoms with Crippen LogP contribution in [0.3, 0.4) is 0 Å². The molecule has 0 saturated carbocycles. The monoisotopic (exact) mass is 386 g/mol. The molecule has 0 atom stereocenters. The summed E-state index contributed by atoms with van der Waals surface area (Å²) in [4.78, 5) is 5.68. The zero-order valence-electron chi connectivity index (χ0n) is 14.2. The number of thiophene rings is 1. The maximum absolute atomic E-state index is 9.47. The molecule has 2 heterocycles. The van der Waals surface area contributed by atoms with Crippen molar-refractivity contribution in [3.05, 3.63) is 87.4 Å². The molecule has 27 heavy (non-hydrogen) atoms. The normalized spacial score (nSPS) is 11.1. The number of allylic oxidation sites excluding steroid dienone is 1. The fourth-order valence-corrected chi connectivity index (χ4v) is 3.96. The minimum Gasteiger partial charge on any atom is -0.457 e. The first kappa shape index (κ1) is 17.2. The summed E-state index contributed by atoms with van der Waals surface area (Å²) < 4.78 is 5.82. The van der Waals surface area contributed by atoms with Crippen LogP contribution in [0.1, 0.15) is 9.88 Å². The van der Waals surface area contributed by atoms with E-state index in [-0.39, 0.29) is 0 Å². The minimum atomic E-state index is 0.581. The Morgan fingerprint density at radius 2 is 1.70 bits per heavy atom. The summed E-state index contributed by atoms with van der Waals surface area (Å²) in [5, 5.41) is 14.2. The highest BCUT2D eigenvalue weighted by molar-refractivity contribution is 7.12. The summed E-state index contributed by atoms with van der Waals surface area (Å²) in [6.07, 6.45) is 1.88. The Kier molecular flexibility index (Phi) is 5.10. The van der Waals surface area contributed by atoms with E-state index in [2.05, 4.69) is 11.1 Å². The smallest absolute Gasteiger partial charge is 0.134 e. The third-order valence-corrected chi connectivity index (χ3v) is 5.51. The quantitative estimate of drug-likeness (QED) is 0.357. The summed E-state index contributed by atoms with van der Waals surface area (Å²) in [6.45, 7) is 0. The van der Waals surface area contributed by atoms with Gasteiger partial charge in [0.25, 0.3) is 0 Å². The number of aromatic nitrogens is 1. The maximum Gasteiger partial charge on any atom is 0.134 e. The van der Waals surface area contributed by atoms with Crippen molar-refractivity contribution in [2.45, 2.75) is 0 Å². The molecule has 0 aliphatic carbocycles. The van der Waals surface area contributed by atoms with Crippen LogP contribution in [0.5, 0.6) is 11.5 Å². The lowest BCUT2D eigenvalue weighted by Gasteiger charge is -2.05. The molecule has 0 radical (unpaired) electrons. The lowest BCUT2D eigenvalue weighted by atomic mass is 10.1. The molecule has 0 N–H and O–H groups in total. The lowest BCUT2D eigenvalue weighted by Crippen LogP contribution is -1.85. The van der Waals surface area contributed by atoms with Crippen molar-refractivity contribution in [2.24, 2.45) is 0 Å². The van der Waals surface area contributed by atoms with Crippen molar-refractivity contribution in [3.8, 4) is 28.8 Å². The molecule has 0 aliphatic rings. The fourth-order valence-electron chi connectivity index (χ4n) is 2.51. The van der Waals surface area contributed by atoms with E-state index in [9.17, 15) is 5.26 Å². The molecule has 130 valence electrons. The molecular formula is C22H14N2OS2. The van der Waals surface area contributed by atoms with Crippen LogP contribution >= 0.6 is 22.7 Å². The third kappa shape index (κ3) is 4.14. The molecule has 2 aromatic heterocycles. The molecular weight excluding hydrogens is 372 g/mol. The number of nitriles is 1. The SMILES string of the molecule is N#C/C(=C\c1cccs1)c1nc(-c2ccc(Oc3ccccc3)cc2)cs1. The summed E-state index contributed by atoms with van der Waals surface area (Å²) in [7, 11) is 0. The fraction of sp³-hybridized carbons (Fsp3) is 0. The van der Waals surface area contributed by atoms with E-state index in [1.807, 2.05) is 83.6 Å². The van der Waals surface area contributed by atoms with Gasteiger partial charge in [-0.25, -0.2) is 4.98 Å². The van der Waals surface area contributed by atoms with Gasteiger partial charge in [-0.3, -0.25) is 0 Å². The second-order valence-electron chi connectivity index (χ2n) is 5.66. The van der Waals surface area contributed by atoms with Gasteiger partial charge in [-0.05, 0) is 53.9 Å². The van der Waals surface area contributed by atoms with Crippen molar-refractivity contribution in [1.82, 2.24) is 4.98 Å². The highest BCUT2D eigenvalue weighted by Gasteiger charge is 2.10. The van der Waals surface area contributed by atoms with E-state index in [0.29, 0.717) is 5.57 Å². The van der Waals surface area contributed by atoms with Crippen LogP contribution in [0.2, 0.25) is 0 Å². The van der Waals surface area contributed by atoms with Crippen LogP contribution < -0.4 is 4.74 Å². The topological polar surface area (TPSA) is 45.9 Å². The number of hydrogen-bond donors (Lipinski definition) is 0. The molecule has 0 amide bonds. The minimum absolute atomic E-state index is 0.581. The van der Waals surface area contributed by atoms with Gasteiger partial charge in [-0.2, -0.15) is 5.26 Å². The van der Waals surface area contributed by atoms with Crippen LogP contribution in [0, 0.1) is 11.3 Å². The Hall–Kier alpha value is -3.20. The number of para-hydroxylation sites is 1. The van der Waals surface area contributed by atoms with E-state index in [1.165, 1.54) is 11.3 Å². The largest absolute Gasteiger partial charge is 0.457 e. The Balaban J connectivity index is 1.54. The van der Waals surface area contributed by atoms with Crippen molar-refractivity contribution < 1.29 is 4.74 Å². The first-order valence-corrected chi connectivity index (χ1v) is 10.0. The number of hydrogen-bond acceptors (Lipinski definition) is 5. The van der Waals surface area contributed by atoms with Crippen LogP contribution in [-0.2, 0) is 0 Å². The zero-order chi connectivity index (χ0) is 18.5. The average molecular weight is 387 g/mol. The van der Waals surface area contributed by atoms with Crippen molar-refractivity contribution in [2.75, 3.05) is 0 Å². The van der Waals surface area contributed by atoms with Gasteiger partial charge >= 0.3 is 0 Å². The van der Waals surface area contributed by atoms with E-state index >= 15 is 0 Å². The van der Waals surface area contributed by atoms with Gasteiger partial charge in [0.2, 0.25) is 0 Å². The molecule has 3 nitrogen and oxygen atoms in total. The summed E-state index contributed by atoms with van der Waals surface area (Å²) in [5.41, 5.74) is 2.43. The second kappa shape index (κ2) is 8.00. The molecule has 4 aromatic rings. The lowest BCUT2D eigenvalue weighted by molar-refractivity contribution is 0.483. The second-order valence-corrected chi connectivity index (χ2v) is 7.50. The molecule has 0 aliphatic heterocycles. The Morgan fingerprint density at radius 3 is 2.41 bits per heavy atom. The van der Waals surface area contributed by atoms with Gasteiger partial charge in [0.1, 0.15) is 22.6 Å². The van der Waals surface area contributed by atoms with E-state index in [0.717, 1.165) is 32.6 Å². The van der Waals surface area contributed by atoms with E-state index < -0.39 is 0 Å². The van der Waals surface area contributed by atoms with Crippen molar-refractivity contribution in [3.63, 3.8) is 0 Å². The number of thiazole rings is 1. The van der Waals surface area contributed by atoms with Gasteiger partial charge in [-0.1, -0.05) is 24.3 Å². The van der Waals surface area contributed by atoms with Crippen molar-refractivity contribution >= 4 is 34.3 Å². The maximum atomic E-state index is 9.47. The number of benzene rings is 2. The predicted octanol–water partition coefficient (Wildman–Crippen LogP) is 6.73. The van der Waals surface area contributed by atoms with Gasteiger partial charge in [0.15, 0.2) is 0 Å². The standard InChI is InChI=1S/C22H14N2OS2/c23-14-17(13-20-7-4-12-26-20)22-24-21(15-27-22)16-8-10-19(11-9-16)25-18-5-2-1-3-6-18/h1-13,15H/b17-13+. The number of rotatable bonds is 5. The molecule has 2 aromatic carbocycles. The Bertz CT molecular complexity index is 1090. The van der Waals surface area contributed by atoms with Crippen molar-refractivity contribution in [1.29, 1.82) is 5.26 Å². The highest BCUT2D eigenvalue weighted by Crippen LogP contribution is 2.29. The van der Waals surface area contributed by atoms with Crippen LogP contribution in [0.4, 0.5) is 0 Å². The first-order valence-electron chi connectivity index (χ1n) is 8.26. The summed E-state index contributed by atoms with van der Waals surface area (Å²) in [5.74, 6) is 1.58. The third-order valence-electron chi connectivity index (χ3n) is 3.81. The van der Waals surface area contributed by atoms with Crippen LogP contribution in [-0.4, -0.2) is 4.98 Å². The molecule has 4 rings (SSSR count). The van der Waals surface area contributed by atoms with Gasteiger partial charge < -0.3 is 4.74 Å². The molecule has 0 unspecified atom stereocenters.